The third kappa shape index (κ3) is 4.09. The van der Waals surface area contributed by atoms with Gasteiger partial charge in [-0.3, -0.25) is 0 Å². The van der Waals surface area contributed by atoms with E-state index in [4.69, 9.17) is 19.9 Å². The summed E-state index contributed by atoms with van der Waals surface area (Å²) in [6, 6.07) is 5.36. The average Bonchev–Trinajstić information content (AvgIpc) is 2.90. The van der Waals surface area contributed by atoms with Crippen LogP contribution in [-0.4, -0.2) is 35.7 Å². The van der Waals surface area contributed by atoms with E-state index in [1.54, 1.807) is 26.4 Å². The Kier molecular flexibility index (Phi) is 5.79. The van der Waals surface area contributed by atoms with Gasteiger partial charge in [0.15, 0.2) is 0 Å². The van der Waals surface area contributed by atoms with Gasteiger partial charge in [0.25, 0.3) is 0 Å². The highest BCUT2D eigenvalue weighted by atomic mass is 16.6. The highest BCUT2D eigenvalue weighted by Gasteiger charge is 2.26. The maximum Gasteiger partial charge on any atom is 0.435 e. The molecule has 0 bridgehead atoms. The van der Waals surface area contributed by atoms with Gasteiger partial charge in [0.2, 0.25) is 0 Å². The fraction of sp³-hybridized carbons (Fsp3) is 0.474. The fourth-order valence-electron chi connectivity index (χ4n) is 2.59. The number of ether oxygens (including phenoxy) is 3. The van der Waals surface area contributed by atoms with Crippen molar-refractivity contribution >= 4 is 11.8 Å². The van der Waals surface area contributed by atoms with Crippen molar-refractivity contribution in [3.8, 4) is 22.8 Å². The molecule has 0 saturated heterocycles. The SMILES string of the molecule is CCCc1c(N)c(-c2ccc(OC)cc2OC)nn1C(=O)OC(C)(C)C. The minimum atomic E-state index is -0.626. The van der Waals surface area contributed by atoms with Crippen LogP contribution in [0, 0.1) is 0 Å². The number of carbonyl (C=O) groups excluding carboxylic acids is 1. The van der Waals surface area contributed by atoms with Crippen LogP contribution in [0.15, 0.2) is 18.2 Å². The fourth-order valence-corrected chi connectivity index (χ4v) is 2.59. The zero-order valence-corrected chi connectivity index (χ0v) is 16.3. The summed E-state index contributed by atoms with van der Waals surface area (Å²) in [6.07, 6.45) is 0.875. The van der Waals surface area contributed by atoms with Crippen molar-refractivity contribution in [2.24, 2.45) is 0 Å². The van der Waals surface area contributed by atoms with Crippen molar-refractivity contribution in [2.45, 2.75) is 46.1 Å². The van der Waals surface area contributed by atoms with Crippen molar-refractivity contribution in [1.82, 2.24) is 9.78 Å². The molecule has 1 heterocycles. The van der Waals surface area contributed by atoms with Crippen LogP contribution < -0.4 is 15.2 Å². The molecule has 0 radical (unpaired) electrons. The van der Waals surface area contributed by atoms with Crippen LogP contribution in [0.1, 0.15) is 39.8 Å². The molecule has 0 aliphatic carbocycles. The molecule has 0 unspecified atom stereocenters. The zero-order chi connectivity index (χ0) is 19.5. The maximum absolute atomic E-state index is 12.6. The van der Waals surface area contributed by atoms with Crippen LogP contribution in [0.3, 0.4) is 0 Å². The van der Waals surface area contributed by atoms with Crippen LogP contribution in [0.4, 0.5) is 10.5 Å². The molecule has 0 aliphatic heterocycles. The van der Waals surface area contributed by atoms with Gasteiger partial charge in [0.1, 0.15) is 22.8 Å². The molecule has 1 aromatic carbocycles. The number of hydrogen-bond acceptors (Lipinski definition) is 6. The van der Waals surface area contributed by atoms with Crippen LogP contribution >= 0.6 is 0 Å². The first-order valence-corrected chi connectivity index (χ1v) is 8.55. The van der Waals surface area contributed by atoms with Crippen molar-refractivity contribution in [3.63, 3.8) is 0 Å². The van der Waals surface area contributed by atoms with Gasteiger partial charge in [-0.05, 0) is 39.3 Å². The molecule has 1 aromatic heterocycles. The first-order chi connectivity index (χ1) is 12.2. The Morgan fingerprint density at radius 3 is 2.46 bits per heavy atom. The van der Waals surface area contributed by atoms with E-state index in [0.717, 1.165) is 6.42 Å². The van der Waals surface area contributed by atoms with Gasteiger partial charge in [0.05, 0.1) is 25.6 Å². The summed E-state index contributed by atoms with van der Waals surface area (Å²) in [5.74, 6) is 1.22. The monoisotopic (exact) mass is 361 g/mol. The molecule has 0 aliphatic rings. The van der Waals surface area contributed by atoms with Crippen LogP contribution in [0.5, 0.6) is 11.5 Å². The molecule has 142 valence electrons. The van der Waals surface area contributed by atoms with Gasteiger partial charge in [0, 0.05) is 11.6 Å². The van der Waals surface area contributed by atoms with Crippen molar-refractivity contribution in [3.05, 3.63) is 23.9 Å². The minimum absolute atomic E-state index is 0.446. The Labute approximate surface area is 154 Å². The topological polar surface area (TPSA) is 88.6 Å². The van der Waals surface area contributed by atoms with Crippen molar-refractivity contribution in [1.29, 1.82) is 0 Å². The summed E-state index contributed by atoms with van der Waals surface area (Å²) in [6.45, 7) is 7.44. The summed E-state index contributed by atoms with van der Waals surface area (Å²) < 4.78 is 17.4. The second-order valence-corrected chi connectivity index (χ2v) is 6.92. The summed E-state index contributed by atoms with van der Waals surface area (Å²) in [5.41, 5.74) is 7.96. The van der Waals surface area contributed by atoms with Gasteiger partial charge in [-0.1, -0.05) is 13.3 Å². The minimum Gasteiger partial charge on any atom is -0.497 e. The molecule has 26 heavy (non-hydrogen) atoms. The Morgan fingerprint density at radius 2 is 1.92 bits per heavy atom. The van der Waals surface area contributed by atoms with E-state index < -0.39 is 11.7 Å². The number of hydrogen-bond donors (Lipinski definition) is 1. The van der Waals surface area contributed by atoms with E-state index in [0.29, 0.717) is 40.6 Å². The summed E-state index contributed by atoms with van der Waals surface area (Å²) in [7, 11) is 3.14. The third-order valence-electron chi connectivity index (χ3n) is 3.74. The van der Waals surface area contributed by atoms with E-state index in [9.17, 15) is 4.79 Å². The molecule has 2 N–H and O–H groups in total. The number of nitrogens with two attached hydrogens (primary N) is 1. The predicted octanol–water partition coefficient (Wildman–Crippen LogP) is 3.89. The molecular weight excluding hydrogens is 334 g/mol. The largest absolute Gasteiger partial charge is 0.497 e. The van der Waals surface area contributed by atoms with E-state index in [2.05, 4.69) is 5.10 Å². The molecule has 2 rings (SSSR count). The van der Waals surface area contributed by atoms with E-state index in [1.165, 1.54) is 4.68 Å². The van der Waals surface area contributed by atoms with Crippen molar-refractivity contribution < 1.29 is 19.0 Å². The lowest BCUT2D eigenvalue weighted by molar-refractivity contribution is 0.0510. The molecule has 0 amide bonds. The number of nitrogens with zero attached hydrogens (tertiary/aromatic N) is 2. The normalized spacial score (nSPS) is 11.3. The smallest absolute Gasteiger partial charge is 0.435 e. The number of carbonyl (C=O) groups is 1. The number of methoxy groups -OCH3 is 2. The molecule has 2 aromatic rings. The quantitative estimate of drug-likeness (QED) is 0.869. The molecule has 7 heteroatoms. The average molecular weight is 361 g/mol. The second-order valence-electron chi connectivity index (χ2n) is 6.92. The highest BCUT2D eigenvalue weighted by Crippen LogP contribution is 2.37. The zero-order valence-electron chi connectivity index (χ0n) is 16.3. The maximum atomic E-state index is 12.6. The lowest BCUT2D eigenvalue weighted by atomic mass is 10.1. The standard InChI is InChI=1S/C19H27N3O4/c1-7-8-14-16(20)17(21-22(14)18(23)26-19(2,3)4)13-10-9-12(24-5)11-15(13)25-6/h9-11H,7-8,20H2,1-6H3. The summed E-state index contributed by atoms with van der Waals surface area (Å²) in [4.78, 5) is 12.6. The second kappa shape index (κ2) is 7.68. The number of anilines is 1. The Morgan fingerprint density at radius 1 is 1.23 bits per heavy atom. The van der Waals surface area contributed by atoms with Gasteiger partial charge in [-0.15, -0.1) is 0 Å². The Bertz CT molecular complexity index is 791. The predicted molar refractivity (Wildman–Crippen MR) is 101 cm³/mol. The van der Waals surface area contributed by atoms with Gasteiger partial charge >= 0.3 is 6.09 Å². The number of benzene rings is 1. The van der Waals surface area contributed by atoms with E-state index in [-0.39, 0.29) is 0 Å². The Hall–Kier alpha value is -2.70. The highest BCUT2D eigenvalue weighted by molar-refractivity contribution is 5.83. The first-order valence-electron chi connectivity index (χ1n) is 8.55. The number of aromatic nitrogens is 2. The molecule has 0 fully saturated rings. The van der Waals surface area contributed by atoms with Crippen LogP contribution in [-0.2, 0) is 11.2 Å². The lowest BCUT2D eigenvalue weighted by Gasteiger charge is -2.19. The Balaban J connectivity index is 2.57. The number of rotatable bonds is 5. The molecular formula is C19H27N3O4. The lowest BCUT2D eigenvalue weighted by Crippen LogP contribution is -2.28. The van der Waals surface area contributed by atoms with Gasteiger partial charge < -0.3 is 19.9 Å². The van der Waals surface area contributed by atoms with E-state index >= 15 is 0 Å². The number of nitrogen functional groups attached to an aromatic ring is 1. The summed E-state index contributed by atoms with van der Waals surface area (Å²) >= 11 is 0. The molecule has 7 nitrogen and oxygen atoms in total. The summed E-state index contributed by atoms with van der Waals surface area (Å²) in [5, 5.41) is 4.44. The van der Waals surface area contributed by atoms with Crippen LogP contribution in [0.2, 0.25) is 0 Å². The van der Waals surface area contributed by atoms with E-state index in [1.807, 2.05) is 33.8 Å². The van der Waals surface area contributed by atoms with Gasteiger partial charge in [-0.2, -0.15) is 9.78 Å². The molecule has 0 saturated carbocycles. The molecule has 0 atom stereocenters. The third-order valence-corrected chi connectivity index (χ3v) is 3.74. The van der Waals surface area contributed by atoms with Gasteiger partial charge in [-0.25, -0.2) is 4.79 Å². The van der Waals surface area contributed by atoms with Crippen molar-refractivity contribution in [2.75, 3.05) is 20.0 Å². The van der Waals surface area contributed by atoms with Crippen LogP contribution in [0.25, 0.3) is 11.3 Å². The molecule has 0 spiro atoms. The first kappa shape index (κ1) is 19.6.